The Hall–Kier alpha value is -2.93. The van der Waals surface area contributed by atoms with Crippen LogP contribution in [0.25, 0.3) is 0 Å². The Bertz CT molecular complexity index is 1150. The third-order valence-electron chi connectivity index (χ3n) is 9.89. The molecule has 2 aromatic rings. The van der Waals surface area contributed by atoms with Crippen LogP contribution < -0.4 is 16.0 Å². The molecular weight excluding hydrogens is 488 g/mol. The molecule has 4 fully saturated rings. The van der Waals surface area contributed by atoms with Gasteiger partial charge in [-0.25, -0.2) is 4.98 Å². The van der Waals surface area contributed by atoms with Gasteiger partial charge >= 0.3 is 5.97 Å². The number of hydrogen-bond acceptors (Lipinski definition) is 5. The fourth-order valence-corrected chi connectivity index (χ4v) is 8.08. The van der Waals surface area contributed by atoms with Crippen molar-refractivity contribution < 1.29 is 14.7 Å². The topological polar surface area (TPSA) is 103 Å². The van der Waals surface area contributed by atoms with Crippen molar-refractivity contribution >= 4 is 17.7 Å². The summed E-state index contributed by atoms with van der Waals surface area (Å²) < 4.78 is 0. The lowest BCUT2D eigenvalue weighted by atomic mass is 9.51. The largest absolute Gasteiger partial charge is 0.480 e. The van der Waals surface area contributed by atoms with E-state index in [0.29, 0.717) is 12.1 Å². The van der Waals surface area contributed by atoms with Crippen molar-refractivity contribution in [3.63, 3.8) is 0 Å². The van der Waals surface area contributed by atoms with Crippen LogP contribution in [0.15, 0.2) is 36.4 Å². The van der Waals surface area contributed by atoms with E-state index < -0.39 is 12.0 Å². The van der Waals surface area contributed by atoms with Crippen molar-refractivity contribution in [3.05, 3.63) is 58.8 Å². The Morgan fingerprint density at radius 1 is 0.974 bits per heavy atom. The summed E-state index contributed by atoms with van der Waals surface area (Å²) in [6.07, 6.45) is 12.0. The zero-order valence-electron chi connectivity index (χ0n) is 22.8. The smallest absolute Gasteiger partial charge is 0.322 e. The zero-order chi connectivity index (χ0) is 26.8. The highest BCUT2D eigenvalue weighted by Crippen LogP contribution is 2.57. The molecule has 0 spiro atoms. The van der Waals surface area contributed by atoms with Gasteiger partial charge in [0.2, 0.25) is 0 Å². The van der Waals surface area contributed by atoms with Crippen molar-refractivity contribution in [2.24, 2.45) is 29.6 Å². The first-order chi connectivity index (χ1) is 19.0. The number of anilines is 1. The summed E-state index contributed by atoms with van der Waals surface area (Å²) in [6.45, 7) is 1.76. The van der Waals surface area contributed by atoms with E-state index in [1.54, 1.807) is 0 Å². The summed E-state index contributed by atoms with van der Waals surface area (Å²) in [5.41, 5.74) is 4.06. The van der Waals surface area contributed by atoms with Gasteiger partial charge < -0.3 is 21.1 Å². The number of carbonyl (C=O) groups is 2. The van der Waals surface area contributed by atoms with Gasteiger partial charge in [0.05, 0.1) is 0 Å². The number of amides is 1. The number of rotatable bonds is 11. The standard InChI is InChI=1S/C32H42N4O3/c37-31(24-6-3-20(4-7-24)5-9-27-10-8-23-2-1-12-34-30(23)36-27)35-19-29(32(38)39)33-13-11-28-25-15-21-14-22(17-25)18-26(28)16-21/h3-4,6-8,10,21-22,25-26,28-29,33H,1-2,5,9,11-19H2,(H,34,36)(H,35,37)(H,38,39). The van der Waals surface area contributed by atoms with E-state index >= 15 is 0 Å². The van der Waals surface area contributed by atoms with E-state index in [-0.39, 0.29) is 12.5 Å². The van der Waals surface area contributed by atoms with Crippen LogP contribution in [0.5, 0.6) is 0 Å². The van der Waals surface area contributed by atoms with Crippen molar-refractivity contribution in [1.29, 1.82) is 0 Å². The van der Waals surface area contributed by atoms with Gasteiger partial charge in [-0.3, -0.25) is 9.59 Å². The highest BCUT2D eigenvalue weighted by Gasteiger charge is 2.47. The number of carboxylic acid groups (broad SMARTS) is 1. The van der Waals surface area contributed by atoms with Crippen LogP contribution in [-0.2, 0) is 24.1 Å². The Kier molecular flexibility index (Phi) is 7.87. The number of benzene rings is 1. The molecule has 7 rings (SSSR count). The molecule has 7 heteroatoms. The second-order valence-corrected chi connectivity index (χ2v) is 12.5. The van der Waals surface area contributed by atoms with Gasteiger partial charge in [-0.05, 0) is 130 Å². The number of nitrogens with zero attached hydrogens (tertiary/aromatic N) is 1. The molecule has 4 saturated carbocycles. The summed E-state index contributed by atoms with van der Waals surface area (Å²) >= 11 is 0. The molecule has 39 heavy (non-hydrogen) atoms. The van der Waals surface area contributed by atoms with E-state index in [1.165, 1.54) is 37.7 Å². The quantitative estimate of drug-likeness (QED) is 0.342. The van der Waals surface area contributed by atoms with Crippen LogP contribution in [0.3, 0.4) is 0 Å². The lowest BCUT2D eigenvalue weighted by molar-refractivity contribution is -0.139. The minimum absolute atomic E-state index is 0.0790. The van der Waals surface area contributed by atoms with Crippen molar-refractivity contribution in [2.75, 3.05) is 25.0 Å². The van der Waals surface area contributed by atoms with E-state index in [0.717, 1.165) is 85.3 Å². The molecule has 1 unspecified atom stereocenters. The van der Waals surface area contributed by atoms with Crippen LogP contribution in [0, 0.1) is 29.6 Å². The lowest BCUT2D eigenvalue weighted by Crippen LogP contribution is -2.49. The SMILES string of the molecule is O=C(NCC(NCCC1C2CC3CC(C2)CC1C3)C(=O)O)c1ccc(CCc2ccc3c(n2)NCCC3)cc1. The van der Waals surface area contributed by atoms with Crippen LogP contribution in [0.1, 0.15) is 72.1 Å². The molecule has 5 aliphatic rings. The van der Waals surface area contributed by atoms with Gasteiger partial charge in [0.15, 0.2) is 0 Å². The molecule has 4 bridgehead atoms. The summed E-state index contributed by atoms with van der Waals surface area (Å²) in [5.74, 6) is 4.22. The van der Waals surface area contributed by atoms with E-state index in [9.17, 15) is 14.7 Å². The van der Waals surface area contributed by atoms with Crippen LogP contribution in [0.4, 0.5) is 5.82 Å². The molecule has 208 valence electrons. The number of hydrogen-bond donors (Lipinski definition) is 4. The third kappa shape index (κ3) is 6.13. The first-order valence-electron chi connectivity index (χ1n) is 15.1. The number of nitrogens with one attached hydrogen (secondary N) is 3. The lowest BCUT2D eigenvalue weighted by Gasteiger charge is -2.54. The Morgan fingerprint density at radius 3 is 2.44 bits per heavy atom. The molecule has 4 N–H and O–H groups in total. The minimum Gasteiger partial charge on any atom is -0.480 e. The summed E-state index contributed by atoms with van der Waals surface area (Å²) in [7, 11) is 0. The first-order valence-corrected chi connectivity index (χ1v) is 15.1. The maximum absolute atomic E-state index is 12.7. The number of aryl methyl sites for hydroxylation is 3. The predicted molar refractivity (Wildman–Crippen MR) is 152 cm³/mol. The van der Waals surface area contributed by atoms with Gasteiger partial charge in [-0.15, -0.1) is 0 Å². The van der Waals surface area contributed by atoms with Gasteiger partial charge in [0.25, 0.3) is 5.91 Å². The second kappa shape index (κ2) is 11.7. The number of pyridine rings is 1. The fraction of sp³-hybridized carbons (Fsp3) is 0.594. The third-order valence-corrected chi connectivity index (χ3v) is 9.89. The molecule has 2 heterocycles. The number of carbonyl (C=O) groups excluding carboxylic acids is 1. The molecule has 4 aliphatic carbocycles. The monoisotopic (exact) mass is 530 g/mol. The van der Waals surface area contributed by atoms with Crippen molar-refractivity contribution in [3.8, 4) is 0 Å². The Balaban J connectivity index is 0.947. The summed E-state index contributed by atoms with van der Waals surface area (Å²) in [5, 5.41) is 19.2. The first kappa shape index (κ1) is 26.3. The highest BCUT2D eigenvalue weighted by molar-refractivity contribution is 5.94. The molecule has 1 aromatic carbocycles. The van der Waals surface area contributed by atoms with Crippen LogP contribution in [0.2, 0.25) is 0 Å². The molecule has 1 amide bonds. The number of fused-ring (bicyclic) bond motifs is 1. The van der Waals surface area contributed by atoms with E-state index in [4.69, 9.17) is 4.98 Å². The average molecular weight is 531 g/mol. The summed E-state index contributed by atoms with van der Waals surface area (Å²) in [4.78, 5) is 29.4. The molecule has 1 aliphatic heterocycles. The molecule has 0 saturated heterocycles. The zero-order valence-corrected chi connectivity index (χ0v) is 22.8. The highest BCUT2D eigenvalue weighted by atomic mass is 16.4. The number of aliphatic carboxylic acids is 1. The fourth-order valence-electron chi connectivity index (χ4n) is 8.08. The minimum atomic E-state index is -0.915. The van der Waals surface area contributed by atoms with Gasteiger partial charge in [-0.2, -0.15) is 0 Å². The molecule has 1 atom stereocenters. The second-order valence-electron chi connectivity index (χ2n) is 12.5. The molecular formula is C32H42N4O3. The van der Waals surface area contributed by atoms with E-state index in [2.05, 4.69) is 28.1 Å². The van der Waals surface area contributed by atoms with Crippen molar-refractivity contribution in [1.82, 2.24) is 15.6 Å². The molecule has 0 radical (unpaired) electrons. The van der Waals surface area contributed by atoms with Crippen LogP contribution >= 0.6 is 0 Å². The number of aromatic nitrogens is 1. The van der Waals surface area contributed by atoms with E-state index in [1.807, 2.05) is 24.3 Å². The Morgan fingerprint density at radius 2 is 1.72 bits per heavy atom. The Labute approximate surface area is 231 Å². The maximum Gasteiger partial charge on any atom is 0.322 e. The predicted octanol–water partition coefficient (Wildman–Crippen LogP) is 4.46. The van der Waals surface area contributed by atoms with Crippen LogP contribution in [-0.4, -0.2) is 47.6 Å². The molecule has 1 aromatic heterocycles. The maximum atomic E-state index is 12.7. The normalized spacial score (nSPS) is 27.4. The molecule has 7 nitrogen and oxygen atoms in total. The van der Waals surface area contributed by atoms with Crippen molar-refractivity contribution in [2.45, 2.75) is 70.3 Å². The van der Waals surface area contributed by atoms with Gasteiger partial charge in [-0.1, -0.05) is 18.2 Å². The summed E-state index contributed by atoms with van der Waals surface area (Å²) in [6, 6.07) is 11.1. The average Bonchev–Trinajstić information content (AvgIpc) is 2.94. The number of carboxylic acids is 1. The van der Waals surface area contributed by atoms with Gasteiger partial charge in [0, 0.05) is 24.3 Å². The van der Waals surface area contributed by atoms with Gasteiger partial charge in [0.1, 0.15) is 11.9 Å².